The summed E-state index contributed by atoms with van der Waals surface area (Å²) in [5.41, 5.74) is 2.53. The van der Waals surface area contributed by atoms with Crippen molar-refractivity contribution in [3.8, 4) is 17.2 Å². The Morgan fingerprint density at radius 1 is 1.20 bits per heavy atom. The van der Waals surface area contributed by atoms with Crippen LogP contribution in [0.25, 0.3) is 0 Å². The highest BCUT2D eigenvalue weighted by Crippen LogP contribution is 2.60. The second-order valence-electron chi connectivity index (χ2n) is 9.10. The molecule has 3 aromatic rings. The van der Waals surface area contributed by atoms with Crippen LogP contribution in [0.15, 0.2) is 54.7 Å². The maximum absolute atomic E-state index is 12.7. The maximum Gasteiger partial charge on any atom is 0.269 e. The number of nitro benzene ring substituents is 1. The Bertz CT molecular complexity index is 1390. The van der Waals surface area contributed by atoms with E-state index in [4.69, 9.17) is 9.47 Å². The van der Waals surface area contributed by atoms with E-state index in [9.17, 15) is 19.7 Å². The number of non-ortho nitro benzene ring substituents is 1. The van der Waals surface area contributed by atoms with Crippen molar-refractivity contribution in [1.29, 1.82) is 0 Å². The predicted octanol–water partition coefficient (Wildman–Crippen LogP) is 4.34. The molecule has 1 saturated carbocycles. The van der Waals surface area contributed by atoms with Gasteiger partial charge in [-0.05, 0) is 36.2 Å². The van der Waals surface area contributed by atoms with Gasteiger partial charge in [-0.15, -0.1) is 0 Å². The monoisotopic (exact) mass is 471 g/mol. The number of carbonyl (C=O) groups excluding carboxylic acids is 2. The van der Waals surface area contributed by atoms with Crippen LogP contribution in [0.1, 0.15) is 35.4 Å². The molecule has 1 fully saturated rings. The molecule has 2 aliphatic heterocycles. The number of nitrogens with one attached hydrogen (secondary N) is 1. The van der Waals surface area contributed by atoms with E-state index in [0.717, 1.165) is 16.9 Å². The van der Waals surface area contributed by atoms with E-state index < -0.39 is 4.92 Å². The molecule has 0 spiro atoms. The highest BCUT2D eigenvalue weighted by molar-refractivity contribution is 5.93. The zero-order valence-electron chi connectivity index (χ0n) is 18.6. The zero-order valence-corrected chi connectivity index (χ0v) is 18.6. The third-order valence-corrected chi connectivity index (χ3v) is 6.79. The molecule has 9 heteroatoms. The second-order valence-corrected chi connectivity index (χ2v) is 9.10. The van der Waals surface area contributed by atoms with Gasteiger partial charge in [0.25, 0.3) is 5.69 Å². The van der Waals surface area contributed by atoms with Crippen LogP contribution < -0.4 is 14.8 Å². The normalized spacial score (nSPS) is 21.1. The summed E-state index contributed by atoms with van der Waals surface area (Å²) < 4.78 is 12.2. The molecule has 176 valence electrons. The van der Waals surface area contributed by atoms with Crippen LogP contribution in [0.5, 0.6) is 17.2 Å². The Hall–Kier alpha value is -4.27. The van der Waals surface area contributed by atoms with Crippen LogP contribution in [0.4, 0.5) is 11.5 Å². The molecule has 3 heterocycles. The number of carbonyl (C=O) groups is 2. The highest BCUT2D eigenvalue weighted by atomic mass is 16.6. The third kappa shape index (κ3) is 3.99. The van der Waals surface area contributed by atoms with Gasteiger partial charge in [0.1, 0.15) is 35.0 Å². The van der Waals surface area contributed by atoms with Crippen LogP contribution in [0.2, 0.25) is 0 Å². The molecule has 0 unspecified atom stereocenters. The summed E-state index contributed by atoms with van der Waals surface area (Å²) in [5, 5.41) is 13.8. The van der Waals surface area contributed by atoms with Gasteiger partial charge in [-0.25, -0.2) is 4.98 Å². The third-order valence-electron chi connectivity index (χ3n) is 6.79. The van der Waals surface area contributed by atoms with Crippen LogP contribution in [-0.4, -0.2) is 27.7 Å². The Kier molecular flexibility index (Phi) is 4.98. The molecule has 35 heavy (non-hydrogen) atoms. The molecule has 0 radical (unpaired) electrons. The first-order chi connectivity index (χ1) is 17.0. The number of rotatable bonds is 7. The van der Waals surface area contributed by atoms with Gasteiger partial charge in [0.2, 0.25) is 5.91 Å². The summed E-state index contributed by atoms with van der Waals surface area (Å²) in [6.07, 6.45) is 3.06. The molecule has 1 aromatic heterocycles. The first-order valence-corrected chi connectivity index (χ1v) is 11.5. The Labute approximate surface area is 200 Å². The molecule has 0 saturated heterocycles. The summed E-state index contributed by atoms with van der Waals surface area (Å²) >= 11 is 0. The second kappa shape index (κ2) is 8.19. The number of fused-ring (bicyclic) bond motifs is 4. The maximum atomic E-state index is 12.7. The molecule has 6 rings (SSSR count). The van der Waals surface area contributed by atoms with Crippen molar-refractivity contribution in [3.05, 3.63) is 81.5 Å². The zero-order chi connectivity index (χ0) is 24.1. The fraction of sp³-hybridized carbons (Fsp3) is 0.269. The van der Waals surface area contributed by atoms with Crippen molar-refractivity contribution in [1.82, 2.24) is 4.98 Å². The topological polar surface area (TPSA) is 121 Å². The van der Waals surface area contributed by atoms with Crippen molar-refractivity contribution < 1.29 is 24.0 Å². The van der Waals surface area contributed by atoms with E-state index in [1.807, 2.05) is 18.2 Å². The minimum absolute atomic E-state index is 0.0128. The summed E-state index contributed by atoms with van der Waals surface area (Å²) in [6, 6.07) is 13.7. The van der Waals surface area contributed by atoms with E-state index in [1.165, 1.54) is 12.1 Å². The van der Waals surface area contributed by atoms with Crippen molar-refractivity contribution in [2.75, 3.05) is 5.32 Å². The number of benzene rings is 2. The lowest BCUT2D eigenvalue weighted by Gasteiger charge is -2.19. The molecule has 1 amide bonds. The number of nitrogens with zero attached hydrogens (tertiary/aromatic N) is 2. The van der Waals surface area contributed by atoms with Gasteiger partial charge in [0.05, 0.1) is 4.92 Å². The van der Waals surface area contributed by atoms with Gasteiger partial charge in [0, 0.05) is 60.6 Å². The van der Waals surface area contributed by atoms with Crippen molar-refractivity contribution in [2.24, 2.45) is 5.92 Å². The number of aromatic nitrogens is 1. The van der Waals surface area contributed by atoms with Gasteiger partial charge in [-0.1, -0.05) is 12.1 Å². The predicted molar refractivity (Wildman–Crippen MR) is 125 cm³/mol. The van der Waals surface area contributed by atoms with Gasteiger partial charge in [0.15, 0.2) is 0 Å². The quantitative estimate of drug-likeness (QED) is 0.402. The fourth-order valence-corrected chi connectivity index (χ4v) is 5.08. The fourth-order valence-electron chi connectivity index (χ4n) is 5.08. The van der Waals surface area contributed by atoms with E-state index in [0.29, 0.717) is 42.1 Å². The lowest BCUT2D eigenvalue weighted by atomic mass is 10.0. The summed E-state index contributed by atoms with van der Waals surface area (Å²) in [7, 11) is 0. The summed E-state index contributed by atoms with van der Waals surface area (Å²) in [5.74, 6) is 2.86. The number of nitro groups is 1. The van der Waals surface area contributed by atoms with Gasteiger partial charge in [-0.2, -0.15) is 0 Å². The van der Waals surface area contributed by atoms with Gasteiger partial charge >= 0.3 is 0 Å². The van der Waals surface area contributed by atoms with E-state index >= 15 is 0 Å². The molecular formula is C26H21N3O6. The van der Waals surface area contributed by atoms with E-state index in [2.05, 4.69) is 10.3 Å². The SMILES string of the molecule is O=C(Cc1cccc([N+](=O)[O-])c1)C[C@@H]1[C@H]2Oc3ccc(Oc4ccnc5c4CCC(=O)N5)cc3[C@@H]12. The highest BCUT2D eigenvalue weighted by Gasteiger charge is 2.59. The smallest absolute Gasteiger partial charge is 0.269 e. The Balaban J connectivity index is 1.14. The van der Waals surface area contributed by atoms with Crippen molar-refractivity contribution >= 4 is 23.2 Å². The lowest BCUT2D eigenvalue weighted by molar-refractivity contribution is -0.384. The van der Waals surface area contributed by atoms with Crippen molar-refractivity contribution in [2.45, 2.75) is 37.7 Å². The van der Waals surface area contributed by atoms with Crippen LogP contribution in [0, 0.1) is 16.0 Å². The Morgan fingerprint density at radius 3 is 2.94 bits per heavy atom. The van der Waals surface area contributed by atoms with Gasteiger partial charge < -0.3 is 14.8 Å². The van der Waals surface area contributed by atoms with Crippen LogP contribution in [0.3, 0.4) is 0 Å². The molecule has 9 nitrogen and oxygen atoms in total. The Morgan fingerprint density at radius 2 is 2.09 bits per heavy atom. The summed E-state index contributed by atoms with van der Waals surface area (Å²) in [4.78, 5) is 39.1. The van der Waals surface area contributed by atoms with E-state index in [1.54, 1.807) is 24.4 Å². The molecular weight excluding hydrogens is 450 g/mol. The number of anilines is 1. The average Bonchev–Trinajstić information content (AvgIpc) is 3.35. The van der Waals surface area contributed by atoms with Crippen LogP contribution in [-0.2, 0) is 22.4 Å². The average molecular weight is 471 g/mol. The number of amides is 1. The number of Topliss-reactive ketones (excluding diaryl/α,β-unsaturated/α-hetero) is 1. The molecule has 3 aliphatic rings. The minimum atomic E-state index is -0.457. The minimum Gasteiger partial charge on any atom is -0.489 e. The lowest BCUT2D eigenvalue weighted by Crippen LogP contribution is -2.20. The molecule has 1 N–H and O–H groups in total. The standard InChI is InChI=1S/C26H21N3O6/c30-16(11-14-2-1-3-15(10-14)29(32)33)12-20-24-19-13-17(4-6-21(19)35-25(20)24)34-22-8-9-27-26-18(22)5-7-23(31)28-26/h1-4,6,8-10,13,20,24-25H,5,7,11-12H2,(H,27,28,31)/t20-,24-,25+/m0/s1. The van der Waals surface area contributed by atoms with Gasteiger partial charge in [-0.3, -0.25) is 19.7 Å². The number of ketones is 1. The van der Waals surface area contributed by atoms with Crippen molar-refractivity contribution in [3.63, 3.8) is 0 Å². The molecule has 2 aromatic carbocycles. The molecule has 0 bridgehead atoms. The summed E-state index contributed by atoms with van der Waals surface area (Å²) in [6.45, 7) is 0. The number of hydrogen-bond donors (Lipinski definition) is 1. The molecule has 3 atom stereocenters. The molecule has 1 aliphatic carbocycles. The first-order valence-electron chi connectivity index (χ1n) is 11.5. The number of pyridine rings is 1. The van der Waals surface area contributed by atoms with Crippen LogP contribution >= 0.6 is 0 Å². The number of hydrogen-bond acceptors (Lipinski definition) is 7. The first kappa shape index (κ1) is 21.3. The number of ether oxygens (including phenoxy) is 2. The largest absolute Gasteiger partial charge is 0.489 e. The van der Waals surface area contributed by atoms with E-state index in [-0.39, 0.29) is 41.7 Å².